The number of hydrogen-bond acceptors (Lipinski definition) is 2. The Morgan fingerprint density at radius 3 is 2.77 bits per heavy atom. The van der Waals surface area contributed by atoms with E-state index in [1.54, 1.807) is 0 Å². The predicted octanol–water partition coefficient (Wildman–Crippen LogP) is 3.06. The third kappa shape index (κ3) is 4.21. The Hall–Kier alpha value is -1.58. The van der Waals surface area contributed by atoms with Gasteiger partial charge in [-0.3, -0.25) is 4.79 Å². The summed E-state index contributed by atoms with van der Waals surface area (Å²) in [7, 11) is 0. The topological polar surface area (TPSA) is 41.1 Å². The summed E-state index contributed by atoms with van der Waals surface area (Å²) in [5.74, 6) is 0.129. The van der Waals surface area contributed by atoms with Crippen molar-refractivity contribution in [1.29, 1.82) is 0 Å². The number of benzene rings is 2. The van der Waals surface area contributed by atoms with E-state index >= 15 is 0 Å². The standard InChI is InChI=1S/C18H22N2O.ClH/c1-13-10-17(8-9-19-13)20-18(21)12-14-6-7-15-4-2-3-5-16(15)11-14;/h2-7,11,13,17,19H,8-10,12H2,1H3,(H,20,21);1H. The fourth-order valence-electron chi connectivity index (χ4n) is 3.08. The van der Waals surface area contributed by atoms with Crippen LogP contribution < -0.4 is 10.6 Å². The third-order valence-corrected chi connectivity index (χ3v) is 4.17. The van der Waals surface area contributed by atoms with Crippen molar-refractivity contribution in [2.45, 2.75) is 38.3 Å². The molecular formula is C18H23ClN2O. The van der Waals surface area contributed by atoms with Crippen LogP contribution in [0.1, 0.15) is 25.3 Å². The molecule has 1 aliphatic heterocycles. The minimum Gasteiger partial charge on any atom is -0.353 e. The van der Waals surface area contributed by atoms with Gasteiger partial charge in [0.15, 0.2) is 0 Å². The summed E-state index contributed by atoms with van der Waals surface area (Å²) in [6.07, 6.45) is 2.50. The van der Waals surface area contributed by atoms with E-state index in [0.717, 1.165) is 24.9 Å². The molecule has 1 fully saturated rings. The van der Waals surface area contributed by atoms with Crippen LogP contribution in [0.2, 0.25) is 0 Å². The number of piperidine rings is 1. The summed E-state index contributed by atoms with van der Waals surface area (Å²) in [6, 6.07) is 15.3. The van der Waals surface area contributed by atoms with Gasteiger partial charge in [-0.1, -0.05) is 42.5 Å². The lowest BCUT2D eigenvalue weighted by atomic mass is 10.00. The van der Waals surface area contributed by atoms with Crippen LogP contribution in [-0.2, 0) is 11.2 Å². The van der Waals surface area contributed by atoms with Gasteiger partial charge in [-0.05, 0) is 42.6 Å². The third-order valence-electron chi connectivity index (χ3n) is 4.17. The van der Waals surface area contributed by atoms with Crippen molar-refractivity contribution in [3.05, 3.63) is 48.0 Å². The van der Waals surface area contributed by atoms with E-state index in [4.69, 9.17) is 0 Å². The van der Waals surface area contributed by atoms with E-state index in [2.05, 4.69) is 41.8 Å². The first-order chi connectivity index (χ1) is 10.2. The highest BCUT2D eigenvalue weighted by Gasteiger charge is 2.19. The Kier molecular flexibility index (Phi) is 5.81. The number of fused-ring (bicyclic) bond motifs is 1. The molecule has 1 amide bonds. The minimum atomic E-state index is 0. The summed E-state index contributed by atoms with van der Waals surface area (Å²) in [4.78, 5) is 12.2. The number of amides is 1. The molecule has 2 N–H and O–H groups in total. The van der Waals surface area contributed by atoms with Crippen LogP contribution >= 0.6 is 12.4 Å². The van der Waals surface area contributed by atoms with Crippen LogP contribution in [-0.4, -0.2) is 24.5 Å². The van der Waals surface area contributed by atoms with Gasteiger partial charge in [0.1, 0.15) is 0 Å². The van der Waals surface area contributed by atoms with Crippen molar-refractivity contribution in [3.63, 3.8) is 0 Å². The molecule has 2 atom stereocenters. The van der Waals surface area contributed by atoms with Crippen molar-refractivity contribution in [2.24, 2.45) is 0 Å². The number of nitrogens with one attached hydrogen (secondary N) is 2. The number of hydrogen-bond donors (Lipinski definition) is 2. The van der Waals surface area contributed by atoms with Crippen LogP contribution in [0.5, 0.6) is 0 Å². The van der Waals surface area contributed by atoms with Gasteiger partial charge in [0.05, 0.1) is 6.42 Å². The summed E-state index contributed by atoms with van der Waals surface area (Å²) in [6.45, 7) is 3.16. The lowest BCUT2D eigenvalue weighted by molar-refractivity contribution is -0.121. The van der Waals surface area contributed by atoms with Crippen LogP contribution in [0.15, 0.2) is 42.5 Å². The summed E-state index contributed by atoms with van der Waals surface area (Å²) < 4.78 is 0. The zero-order valence-electron chi connectivity index (χ0n) is 12.8. The molecule has 1 aliphatic rings. The molecule has 2 aromatic rings. The Balaban J connectivity index is 0.00000176. The summed E-state index contributed by atoms with van der Waals surface area (Å²) >= 11 is 0. The second-order valence-electron chi connectivity index (χ2n) is 6.00. The maximum Gasteiger partial charge on any atom is 0.224 e. The molecule has 3 rings (SSSR count). The Bertz CT molecular complexity index is 644. The molecule has 0 radical (unpaired) electrons. The maximum absolute atomic E-state index is 12.2. The molecule has 2 unspecified atom stereocenters. The SMILES string of the molecule is CC1CC(NC(=O)Cc2ccc3ccccc3c2)CCN1.Cl. The van der Waals surface area contributed by atoms with E-state index in [1.165, 1.54) is 10.8 Å². The fourth-order valence-corrected chi connectivity index (χ4v) is 3.08. The van der Waals surface area contributed by atoms with Crippen LogP contribution in [0.25, 0.3) is 10.8 Å². The fraction of sp³-hybridized carbons (Fsp3) is 0.389. The van der Waals surface area contributed by atoms with Crippen molar-refractivity contribution < 1.29 is 4.79 Å². The zero-order chi connectivity index (χ0) is 14.7. The molecule has 0 saturated carbocycles. The molecule has 1 saturated heterocycles. The van der Waals surface area contributed by atoms with Crippen molar-refractivity contribution in [3.8, 4) is 0 Å². The van der Waals surface area contributed by atoms with Gasteiger partial charge in [0, 0.05) is 12.1 Å². The lowest BCUT2D eigenvalue weighted by Gasteiger charge is -2.28. The van der Waals surface area contributed by atoms with Gasteiger partial charge in [0.25, 0.3) is 0 Å². The molecule has 0 aliphatic carbocycles. The van der Waals surface area contributed by atoms with Gasteiger partial charge in [0.2, 0.25) is 5.91 Å². The lowest BCUT2D eigenvalue weighted by Crippen LogP contribution is -2.46. The smallest absolute Gasteiger partial charge is 0.224 e. The number of rotatable bonds is 3. The minimum absolute atomic E-state index is 0. The highest BCUT2D eigenvalue weighted by atomic mass is 35.5. The van der Waals surface area contributed by atoms with E-state index in [9.17, 15) is 4.79 Å². The molecule has 4 heteroatoms. The normalized spacial score (nSPS) is 21.1. The van der Waals surface area contributed by atoms with Gasteiger partial charge in [-0.15, -0.1) is 12.4 Å². The summed E-state index contributed by atoms with van der Waals surface area (Å²) in [5, 5.41) is 8.98. The maximum atomic E-state index is 12.2. The molecule has 0 bridgehead atoms. The monoisotopic (exact) mass is 318 g/mol. The molecule has 22 heavy (non-hydrogen) atoms. The molecule has 118 valence electrons. The van der Waals surface area contributed by atoms with Gasteiger partial charge >= 0.3 is 0 Å². The summed E-state index contributed by atoms with van der Waals surface area (Å²) in [5.41, 5.74) is 1.08. The van der Waals surface area contributed by atoms with E-state index in [1.807, 2.05) is 18.2 Å². The van der Waals surface area contributed by atoms with Crippen molar-refractivity contribution >= 4 is 29.1 Å². The van der Waals surface area contributed by atoms with Crippen LogP contribution in [0.3, 0.4) is 0 Å². The van der Waals surface area contributed by atoms with E-state index in [0.29, 0.717) is 18.5 Å². The molecule has 0 spiro atoms. The van der Waals surface area contributed by atoms with Gasteiger partial charge in [-0.2, -0.15) is 0 Å². The highest BCUT2D eigenvalue weighted by Crippen LogP contribution is 2.16. The Morgan fingerprint density at radius 1 is 1.23 bits per heavy atom. The largest absolute Gasteiger partial charge is 0.353 e. The molecule has 2 aromatic carbocycles. The zero-order valence-corrected chi connectivity index (χ0v) is 13.7. The Labute approximate surface area is 137 Å². The highest BCUT2D eigenvalue weighted by molar-refractivity contribution is 5.86. The first-order valence-corrected chi connectivity index (χ1v) is 7.71. The first kappa shape index (κ1) is 16.8. The molecule has 3 nitrogen and oxygen atoms in total. The van der Waals surface area contributed by atoms with Crippen molar-refractivity contribution in [1.82, 2.24) is 10.6 Å². The second kappa shape index (κ2) is 7.61. The number of halogens is 1. The number of carbonyl (C=O) groups is 1. The van der Waals surface area contributed by atoms with Crippen molar-refractivity contribution in [2.75, 3.05) is 6.54 Å². The van der Waals surface area contributed by atoms with E-state index < -0.39 is 0 Å². The van der Waals surface area contributed by atoms with Gasteiger partial charge < -0.3 is 10.6 Å². The molecule has 0 aromatic heterocycles. The van der Waals surface area contributed by atoms with Crippen LogP contribution in [0, 0.1) is 0 Å². The quantitative estimate of drug-likeness (QED) is 0.913. The average Bonchev–Trinajstić information content (AvgIpc) is 2.47. The second-order valence-corrected chi connectivity index (χ2v) is 6.00. The van der Waals surface area contributed by atoms with Crippen LogP contribution in [0.4, 0.5) is 0 Å². The first-order valence-electron chi connectivity index (χ1n) is 7.71. The molecular weight excluding hydrogens is 296 g/mol. The van der Waals surface area contributed by atoms with E-state index in [-0.39, 0.29) is 18.3 Å². The Morgan fingerprint density at radius 2 is 2.00 bits per heavy atom. The van der Waals surface area contributed by atoms with Gasteiger partial charge in [-0.25, -0.2) is 0 Å². The average molecular weight is 319 g/mol. The predicted molar refractivity (Wildman–Crippen MR) is 93.5 cm³/mol. The number of carbonyl (C=O) groups excluding carboxylic acids is 1. The molecule has 1 heterocycles.